The van der Waals surface area contributed by atoms with Crippen molar-refractivity contribution in [2.75, 3.05) is 14.2 Å². The Morgan fingerprint density at radius 1 is 0.860 bits per heavy atom. The van der Waals surface area contributed by atoms with Gasteiger partial charge in [-0.2, -0.15) is 0 Å². The summed E-state index contributed by atoms with van der Waals surface area (Å²) in [6, 6.07) is 9.13. The van der Waals surface area contributed by atoms with Crippen LogP contribution in [0.1, 0.15) is 88.3 Å². The molecule has 3 rings (SSSR count). The van der Waals surface area contributed by atoms with Crippen molar-refractivity contribution in [1.29, 1.82) is 0 Å². The molecule has 11 heteroatoms. The summed E-state index contributed by atoms with van der Waals surface area (Å²) in [6.07, 6.45) is 0.327. The number of methoxy groups -OCH3 is 2. The van der Waals surface area contributed by atoms with Crippen molar-refractivity contribution in [1.82, 2.24) is 0 Å². The van der Waals surface area contributed by atoms with Gasteiger partial charge >= 0.3 is 23.9 Å². The average molecular weight is 603 g/mol. The van der Waals surface area contributed by atoms with Crippen molar-refractivity contribution < 1.29 is 53.5 Å². The van der Waals surface area contributed by atoms with Gasteiger partial charge in [-0.15, -0.1) is 0 Å². The number of aryl methyl sites for hydroxylation is 2. The molecule has 0 amide bonds. The number of hydrogen-bond acceptors (Lipinski definition) is 10. The highest BCUT2D eigenvalue weighted by atomic mass is 16.6. The summed E-state index contributed by atoms with van der Waals surface area (Å²) in [4.78, 5) is 51.8. The lowest BCUT2D eigenvalue weighted by Crippen LogP contribution is -2.14. The molecule has 1 atom stereocenters. The third-order valence-electron chi connectivity index (χ3n) is 6.37. The molecule has 0 aromatic heterocycles. The Morgan fingerprint density at radius 2 is 1.33 bits per heavy atom. The van der Waals surface area contributed by atoms with Gasteiger partial charge in [0, 0.05) is 24.0 Å². The van der Waals surface area contributed by atoms with Crippen LogP contribution in [-0.4, -0.2) is 59.7 Å². The quantitative estimate of drug-likeness (QED) is 0.180. The minimum Gasteiger partial charge on any atom is -0.508 e. The number of hydrogen-bond donors (Lipinski definition) is 3. The normalized spacial score (nSPS) is 13.7. The van der Waals surface area contributed by atoms with Gasteiger partial charge in [-0.1, -0.05) is 59.7 Å². The Labute approximate surface area is 251 Å². The minimum absolute atomic E-state index is 0.106. The Hall–Kier alpha value is -4.25. The van der Waals surface area contributed by atoms with Crippen LogP contribution < -0.4 is 4.74 Å². The van der Waals surface area contributed by atoms with E-state index in [1.165, 1.54) is 14.2 Å². The van der Waals surface area contributed by atoms with Gasteiger partial charge in [0.05, 0.1) is 14.2 Å². The van der Waals surface area contributed by atoms with Crippen LogP contribution in [0.3, 0.4) is 0 Å². The summed E-state index contributed by atoms with van der Waals surface area (Å²) >= 11 is 0. The van der Waals surface area contributed by atoms with Crippen molar-refractivity contribution >= 4 is 30.2 Å². The fraction of sp³-hybridized carbons (Fsp3) is 0.469. The zero-order valence-corrected chi connectivity index (χ0v) is 26.0. The molecule has 11 nitrogen and oxygen atoms in total. The third-order valence-corrected chi connectivity index (χ3v) is 6.37. The van der Waals surface area contributed by atoms with Gasteiger partial charge in [0.25, 0.3) is 0 Å². The fourth-order valence-electron chi connectivity index (χ4n) is 4.05. The highest BCUT2D eigenvalue weighted by Gasteiger charge is 2.36. The van der Waals surface area contributed by atoms with E-state index in [0.717, 1.165) is 22.3 Å². The molecular weight excluding hydrogens is 560 g/mol. The highest BCUT2D eigenvalue weighted by molar-refractivity contribution is 6.19. The lowest BCUT2D eigenvalue weighted by atomic mass is 9.83. The second-order valence-corrected chi connectivity index (χ2v) is 11.8. The number of carbonyl (C=O) groups is 5. The van der Waals surface area contributed by atoms with E-state index in [1.807, 2.05) is 59.7 Å². The largest absolute Gasteiger partial charge is 0.508 e. The van der Waals surface area contributed by atoms with Gasteiger partial charge in [-0.25, -0.2) is 9.59 Å². The second kappa shape index (κ2) is 15.8. The molecule has 1 aliphatic rings. The molecule has 3 N–H and O–H groups in total. The molecule has 0 saturated heterocycles. The number of phenols is 1. The first-order chi connectivity index (χ1) is 19.8. The van der Waals surface area contributed by atoms with Crippen LogP contribution in [0.5, 0.6) is 11.5 Å². The van der Waals surface area contributed by atoms with Gasteiger partial charge in [0.2, 0.25) is 6.29 Å². The number of esters is 3. The van der Waals surface area contributed by atoms with Crippen LogP contribution in [-0.2, 0) is 57.1 Å². The standard InChI is InChI=1S/C16H20O5.C14H20O3.C2H2O3/c1-16(2,3)11-8-9(5-6-12(17)20-4)7-10-13(18)15(19)21-14(10)11;1-14(2,3)11-9-10(5-7-12(11)15)6-8-13(16)17-4;3-1-2(4)5/h7-8,13,18H,5-6H2,1-4H3;5,7,9,15H,6,8H2,1-4H3;1H,(H,4,5). The maximum atomic E-state index is 11.6. The molecule has 43 heavy (non-hydrogen) atoms. The number of rotatable bonds is 7. The molecule has 0 radical (unpaired) electrons. The molecule has 0 fully saturated rings. The van der Waals surface area contributed by atoms with E-state index >= 15 is 0 Å². The van der Waals surface area contributed by atoms with E-state index in [9.17, 15) is 24.6 Å². The number of carbonyl (C=O) groups excluding carboxylic acids is 4. The van der Waals surface area contributed by atoms with Gasteiger partial charge in [-0.05, 0) is 52.5 Å². The number of aliphatic carboxylic acids is 1. The van der Waals surface area contributed by atoms with Crippen molar-refractivity contribution in [2.45, 2.75) is 84.2 Å². The summed E-state index contributed by atoms with van der Waals surface area (Å²) in [5.74, 6) is -1.83. The first-order valence-corrected chi connectivity index (χ1v) is 13.6. The number of aromatic hydroxyl groups is 1. The molecule has 2 aromatic carbocycles. The first-order valence-electron chi connectivity index (χ1n) is 13.6. The maximum absolute atomic E-state index is 11.6. The third kappa shape index (κ3) is 11.5. The lowest BCUT2D eigenvalue weighted by Gasteiger charge is -2.22. The summed E-state index contributed by atoms with van der Waals surface area (Å²) in [6.45, 7) is 12.2. The highest BCUT2D eigenvalue weighted by Crippen LogP contribution is 2.42. The number of carboxylic acids is 1. The number of ether oxygens (including phenoxy) is 3. The summed E-state index contributed by atoms with van der Waals surface area (Å²) in [5, 5.41) is 27.1. The van der Waals surface area contributed by atoms with Crippen LogP contribution >= 0.6 is 0 Å². The molecule has 0 saturated carbocycles. The van der Waals surface area contributed by atoms with Gasteiger partial charge < -0.3 is 29.5 Å². The first kappa shape index (κ1) is 36.8. The van der Waals surface area contributed by atoms with Crippen molar-refractivity contribution in [3.8, 4) is 11.5 Å². The van der Waals surface area contributed by atoms with E-state index in [0.29, 0.717) is 36.3 Å². The average Bonchev–Trinajstić information content (AvgIpc) is 3.22. The molecule has 236 valence electrons. The smallest absolute Gasteiger partial charge is 0.368 e. The van der Waals surface area contributed by atoms with E-state index in [2.05, 4.69) is 9.47 Å². The SMILES string of the molecule is COC(=O)CCc1cc2c(c(C(C)(C)C)c1)OC(=O)C2O.COC(=O)CCc1ccc(O)c(C(C)(C)C)c1.O=CC(=O)O. The lowest BCUT2D eigenvalue weighted by molar-refractivity contribution is -0.143. The Morgan fingerprint density at radius 3 is 1.77 bits per heavy atom. The molecule has 0 aliphatic carbocycles. The molecular formula is C32H42O11. The Kier molecular flexibility index (Phi) is 13.5. The summed E-state index contributed by atoms with van der Waals surface area (Å²) in [7, 11) is 2.74. The number of phenolic OH excluding ortho intramolecular Hbond substituents is 1. The van der Waals surface area contributed by atoms with Gasteiger partial charge in [-0.3, -0.25) is 14.4 Å². The van der Waals surface area contributed by atoms with Crippen LogP contribution in [0, 0.1) is 0 Å². The zero-order valence-electron chi connectivity index (χ0n) is 26.0. The van der Waals surface area contributed by atoms with Crippen molar-refractivity contribution in [3.05, 3.63) is 58.1 Å². The van der Waals surface area contributed by atoms with E-state index in [1.54, 1.807) is 12.1 Å². The molecule has 1 heterocycles. The van der Waals surface area contributed by atoms with Crippen LogP contribution in [0.2, 0.25) is 0 Å². The van der Waals surface area contributed by atoms with Crippen molar-refractivity contribution in [2.24, 2.45) is 0 Å². The van der Waals surface area contributed by atoms with E-state index in [4.69, 9.17) is 19.4 Å². The molecule has 2 aromatic rings. The number of fused-ring (bicyclic) bond motifs is 1. The predicted molar refractivity (Wildman–Crippen MR) is 157 cm³/mol. The molecule has 1 aliphatic heterocycles. The number of aliphatic hydroxyl groups is 1. The van der Waals surface area contributed by atoms with Crippen LogP contribution in [0.4, 0.5) is 0 Å². The number of aldehydes is 1. The van der Waals surface area contributed by atoms with Crippen molar-refractivity contribution in [3.63, 3.8) is 0 Å². The van der Waals surface area contributed by atoms with Crippen LogP contribution in [0.25, 0.3) is 0 Å². The zero-order chi connectivity index (χ0) is 33.1. The number of carboxylic acid groups (broad SMARTS) is 1. The fourth-order valence-corrected chi connectivity index (χ4v) is 4.05. The predicted octanol–water partition coefficient (Wildman–Crippen LogP) is 4.11. The summed E-state index contributed by atoms with van der Waals surface area (Å²) < 4.78 is 14.4. The van der Waals surface area contributed by atoms with E-state index in [-0.39, 0.29) is 35.5 Å². The van der Waals surface area contributed by atoms with E-state index < -0.39 is 18.0 Å². The monoisotopic (exact) mass is 602 g/mol. The van der Waals surface area contributed by atoms with Gasteiger partial charge in [0.15, 0.2) is 6.10 Å². The van der Waals surface area contributed by atoms with Gasteiger partial charge in [0.1, 0.15) is 11.5 Å². The number of aliphatic hydroxyl groups excluding tert-OH is 1. The molecule has 0 spiro atoms. The molecule has 0 bridgehead atoms. The second-order valence-electron chi connectivity index (χ2n) is 11.8. The number of benzene rings is 2. The Balaban J connectivity index is 0.000000378. The maximum Gasteiger partial charge on any atom is 0.368 e. The van der Waals surface area contributed by atoms with Crippen LogP contribution in [0.15, 0.2) is 30.3 Å². The Bertz CT molecular complexity index is 1310. The topological polar surface area (TPSA) is 174 Å². The molecule has 1 unspecified atom stereocenters. The minimum atomic E-state index is -1.43. The summed E-state index contributed by atoms with van der Waals surface area (Å²) in [5.41, 5.74) is 3.80.